The van der Waals surface area contributed by atoms with E-state index in [4.69, 9.17) is 0 Å². The normalized spacial score (nSPS) is 17.0. The minimum Gasteiger partial charge on any atom is -0.298 e. The van der Waals surface area contributed by atoms with Crippen LogP contribution in [-0.4, -0.2) is 26.1 Å². The van der Waals surface area contributed by atoms with Crippen molar-refractivity contribution in [2.24, 2.45) is 0 Å². The number of thioether (sulfide) groups is 1. The van der Waals surface area contributed by atoms with Crippen molar-refractivity contribution >= 4 is 17.5 Å². The third-order valence-electron chi connectivity index (χ3n) is 3.41. The van der Waals surface area contributed by atoms with Crippen LogP contribution in [0.1, 0.15) is 58.2 Å². The van der Waals surface area contributed by atoms with Gasteiger partial charge in [0, 0.05) is 10.9 Å². The van der Waals surface area contributed by atoms with Crippen LogP contribution < -0.4 is 0 Å². The van der Waals surface area contributed by atoms with Crippen LogP contribution in [0, 0.1) is 0 Å². The van der Waals surface area contributed by atoms with Crippen molar-refractivity contribution in [3.8, 4) is 0 Å². The summed E-state index contributed by atoms with van der Waals surface area (Å²) in [6.45, 7) is 6.42. The Kier molecular flexibility index (Phi) is 4.71. The SMILES string of the molecule is CC(C)(C)SCC(=O)Cc1ccn(C2CCCC2)n1. The fourth-order valence-electron chi connectivity index (χ4n) is 2.39. The summed E-state index contributed by atoms with van der Waals surface area (Å²) in [5.74, 6) is 0.858. The zero-order chi connectivity index (χ0) is 13.9. The molecule has 19 heavy (non-hydrogen) atoms. The Labute approximate surface area is 120 Å². The van der Waals surface area contributed by atoms with Gasteiger partial charge in [-0.1, -0.05) is 33.6 Å². The van der Waals surface area contributed by atoms with Crippen LogP contribution in [0.2, 0.25) is 0 Å². The second-order valence-electron chi connectivity index (χ2n) is 6.34. The molecular weight excluding hydrogens is 256 g/mol. The minimum atomic E-state index is 0.152. The van der Waals surface area contributed by atoms with E-state index < -0.39 is 0 Å². The van der Waals surface area contributed by atoms with E-state index in [0.29, 0.717) is 18.2 Å². The van der Waals surface area contributed by atoms with Gasteiger partial charge in [0.1, 0.15) is 5.78 Å². The third kappa shape index (κ3) is 4.68. The highest BCUT2D eigenvalue weighted by atomic mass is 32.2. The van der Waals surface area contributed by atoms with E-state index in [1.54, 1.807) is 11.8 Å². The van der Waals surface area contributed by atoms with Crippen LogP contribution >= 0.6 is 11.8 Å². The highest BCUT2D eigenvalue weighted by molar-refractivity contribution is 8.01. The van der Waals surface area contributed by atoms with Crippen molar-refractivity contribution in [2.75, 3.05) is 5.75 Å². The average Bonchev–Trinajstić information content (AvgIpc) is 2.94. The molecule has 4 heteroatoms. The maximum absolute atomic E-state index is 11.9. The molecule has 0 bridgehead atoms. The maximum Gasteiger partial charge on any atom is 0.148 e. The first-order chi connectivity index (χ1) is 8.94. The lowest BCUT2D eigenvalue weighted by Crippen LogP contribution is -2.15. The standard InChI is InChI=1S/C15H24N2OS/c1-15(2,3)19-11-14(18)10-12-8-9-17(16-12)13-6-4-5-7-13/h8-9,13H,4-7,10-11H2,1-3H3. The lowest BCUT2D eigenvalue weighted by molar-refractivity contribution is -0.116. The summed E-state index contributed by atoms with van der Waals surface area (Å²) < 4.78 is 2.21. The van der Waals surface area contributed by atoms with Crippen molar-refractivity contribution in [1.29, 1.82) is 0 Å². The second-order valence-corrected chi connectivity index (χ2v) is 8.14. The predicted octanol–water partition coefficient (Wildman–Crippen LogP) is 3.64. The van der Waals surface area contributed by atoms with Crippen LogP contribution in [0.3, 0.4) is 0 Å². The molecule has 0 spiro atoms. The fraction of sp³-hybridized carbons (Fsp3) is 0.733. The van der Waals surface area contributed by atoms with E-state index in [1.165, 1.54) is 25.7 Å². The lowest BCUT2D eigenvalue weighted by Gasteiger charge is -2.16. The molecule has 1 aliphatic rings. The van der Waals surface area contributed by atoms with E-state index >= 15 is 0 Å². The molecule has 0 atom stereocenters. The molecule has 3 nitrogen and oxygen atoms in total. The van der Waals surface area contributed by atoms with E-state index in [9.17, 15) is 4.79 Å². The molecule has 2 rings (SSSR count). The van der Waals surface area contributed by atoms with Crippen LogP contribution in [0.15, 0.2) is 12.3 Å². The minimum absolute atomic E-state index is 0.152. The van der Waals surface area contributed by atoms with Gasteiger partial charge in [-0.25, -0.2) is 0 Å². The summed E-state index contributed by atoms with van der Waals surface area (Å²) in [4.78, 5) is 11.9. The molecule has 0 amide bonds. The van der Waals surface area contributed by atoms with Gasteiger partial charge in [0.05, 0.1) is 23.9 Å². The molecule has 1 saturated carbocycles. The summed E-state index contributed by atoms with van der Waals surface area (Å²) in [5, 5.41) is 4.56. The van der Waals surface area contributed by atoms with Gasteiger partial charge in [0.25, 0.3) is 0 Å². The predicted molar refractivity (Wildman–Crippen MR) is 80.7 cm³/mol. The molecule has 0 aromatic carbocycles. The Morgan fingerprint density at radius 1 is 1.42 bits per heavy atom. The van der Waals surface area contributed by atoms with Gasteiger partial charge in [-0.05, 0) is 18.9 Å². The van der Waals surface area contributed by atoms with E-state index in [2.05, 4.69) is 30.6 Å². The number of rotatable bonds is 5. The molecule has 0 N–H and O–H groups in total. The Balaban J connectivity index is 1.84. The molecule has 0 unspecified atom stereocenters. The van der Waals surface area contributed by atoms with E-state index in [-0.39, 0.29) is 10.5 Å². The number of ketones is 1. The van der Waals surface area contributed by atoms with Crippen molar-refractivity contribution in [1.82, 2.24) is 9.78 Å². The molecule has 0 aliphatic heterocycles. The van der Waals surface area contributed by atoms with Crippen molar-refractivity contribution in [2.45, 2.75) is 63.7 Å². The van der Waals surface area contributed by atoms with Gasteiger partial charge in [-0.3, -0.25) is 9.48 Å². The molecule has 0 saturated heterocycles. The maximum atomic E-state index is 11.9. The molecule has 1 aromatic heterocycles. The molecule has 1 heterocycles. The summed E-state index contributed by atoms with van der Waals surface area (Å²) in [5.41, 5.74) is 0.923. The van der Waals surface area contributed by atoms with Crippen LogP contribution in [0.5, 0.6) is 0 Å². The topological polar surface area (TPSA) is 34.9 Å². The van der Waals surface area contributed by atoms with E-state index in [0.717, 1.165) is 5.69 Å². The summed E-state index contributed by atoms with van der Waals surface area (Å²) in [6, 6.07) is 2.56. The molecule has 1 aromatic rings. The van der Waals surface area contributed by atoms with Gasteiger partial charge >= 0.3 is 0 Å². The molecule has 106 valence electrons. The zero-order valence-electron chi connectivity index (χ0n) is 12.2. The lowest BCUT2D eigenvalue weighted by atomic mass is 10.2. The van der Waals surface area contributed by atoms with Gasteiger partial charge in [-0.15, -0.1) is 11.8 Å². The number of carbonyl (C=O) groups excluding carboxylic acids is 1. The smallest absolute Gasteiger partial charge is 0.148 e. The first-order valence-electron chi connectivity index (χ1n) is 7.14. The van der Waals surface area contributed by atoms with Gasteiger partial charge in [-0.2, -0.15) is 5.10 Å². The average molecular weight is 280 g/mol. The van der Waals surface area contributed by atoms with Gasteiger partial charge < -0.3 is 0 Å². The summed E-state index contributed by atoms with van der Waals surface area (Å²) in [6.07, 6.45) is 7.59. The Hall–Kier alpha value is -0.770. The van der Waals surface area contributed by atoms with Crippen LogP contribution in [0.4, 0.5) is 0 Å². The van der Waals surface area contributed by atoms with Crippen molar-refractivity contribution < 1.29 is 4.79 Å². The van der Waals surface area contributed by atoms with Gasteiger partial charge in [0.15, 0.2) is 0 Å². The van der Waals surface area contributed by atoms with Gasteiger partial charge in [0.2, 0.25) is 0 Å². The highest BCUT2D eigenvalue weighted by Gasteiger charge is 2.18. The number of hydrogen-bond acceptors (Lipinski definition) is 3. The summed E-state index contributed by atoms with van der Waals surface area (Å²) in [7, 11) is 0. The number of hydrogen-bond donors (Lipinski definition) is 0. The first kappa shape index (κ1) is 14.6. The number of carbonyl (C=O) groups is 1. The summed E-state index contributed by atoms with van der Waals surface area (Å²) >= 11 is 1.71. The quantitative estimate of drug-likeness (QED) is 0.826. The zero-order valence-corrected chi connectivity index (χ0v) is 13.0. The first-order valence-corrected chi connectivity index (χ1v) is 8.12. The Morgan fingerprint density at radius 2 is 2.11 bits per heavy atom. The van der Waals surface area contributed by atoms with Crippen molar-refractivity contribution in [3.05, 3.63) is 18.0 Å². The number of nitrogens with zero attached hydrogens (tertiary/aromatic N) is 2. The van der Waals surface area contributed by atoms with Crippen LogP contribution in [-0.2, 0) is 11.2 Å². The number of Topliss-reactive ketones (excluding diaryl/α,β-unsaturated/α-hetero) is 1. The van der Waals surface area contributed by atoms with Crippen molar-refractivity contribution in [3.63, 3.8) is 0 Å². The highest BCUT2D eigenvalue weighted by Crippen LogP contribution is 2.28. The fourth-order valence-corrected chi connectivity index (χ4v) is 3.09. The second kappa shape index (κ2) is 6.12. The Morgan fingerprint density at radius 3 is 2.74 bits per heavy atom. The van der Waals surface area contributed by atoms with E-state index in [1.807, 2.05) is 12.3 Å². The molecule has 1 aliphatic carbocycles. The molecule has 1 fully saturated rings. The largest absolute Gasteiger partial charge is 0.298 e. The number of aromatic nitrogens is 2. The molecular formula is C15H24N2OS. The molecule has 0 radical (unpaired) electrons. The Bertz CT molecular complexity index is 428. The van der Waals surface area contributed by atoms with Crippen LogP contribution in [0.25, 0.3) is 0 Å². The third-order valence-corrected chi connectivity index (χ3v) is 4.74. The monoisotopic (exact) mass is 280 g/mol.